The molecule has 1 aliphatic rings. The molecule has 3 N–H and O–H groups in total. The van der Waals surface area contributed by atoms with Gasteiger partial charge in [-0.2, -0.15) is 0 Å². The third kappa shape index (κ3) is 4.63. The van der Waals surface area contributed by atoms with Gasteiger partial charge in [-0.25, -0.2) is 4.79 Å². The molecule has 1 rings (SSSR count). The van der Waals surface area contributed by atoms with Crippen molar-refractivity contribution in [1.82, 2.24) is 10.6 Å². The normalized spacial score (nSPS) is 24.8. The second-order valence-electron chi connectivity index (χ2n) is 5.64. The number of carboxylic acid groups (broad SMARTS) is 1. The van der Waals surface area contributed by atoms with Crippen molar-refractivity contribution in [2.45, 2.75) is 58.5 Å². The van der Waals surface area contributed by atoms with Gasteiger partial charge in [0.15, 0.2) is 0 Å². The van der Waals surface area contributed by atoms with Crippen LogP contribution in [0.15, 0.2) is 0 Å². The van der Waals surface area contributed by atoms with E-state index in [0.29, 0.717) is 0 Å². The fourth-order valence-corrected chi connectivity index (χ4v) is 2.31. The summed E-state index contributed by atoms with van der Waals surface area (Å²) in [6.45, 7) is 5.84. The molecule has 0 heterocycles. The molecular weight excluding hydrogens is 220 g/mol. The van der Waals surface area contributed by atoms with Gasteiger partial charge < -0.3 is 15.7 Å². The zero-order valence-electron chi connectivity index (χ0n) is 10.7. The molecule has 0 aromatic heterocycles. The van der Waals surface area contributed by atoms with E-state index in [4.69, 9.17) is 5.11 Å². The van der Waals surface area contributed by atoms with Crippen molar-refractivity contribution in [1.29, 1.82) is 0 Å². The Bertz CT molecular complexity index is 302. The van der Waals surface area contributed by atoms with Gasteiger partial charge in [-0.15, -0.1) is 0 Å². The number of urea groups is 1. The number of carbonyl (C=O) groups excluding carboxylic acids is 1. The molecule has 1 saturated carbocycles. The van der Waals surface area contributed by atoms with Gasteiger partial charge in [-0.3, -0.25) is 4.79 Å². The van der Waals surface area contributed by atoms with Crippen LogP contribution in [0.3, 0.4) is 0 Å². The van der Waals surface area contributed by atoms with Crippen LogP contribution < -0.4 is 10.6 Å². The van der Waals surface area contributed by atoms with E-state index in [1.807, 2.05) is 0 Å². The van der Waals surface area contributed by atoms with E-state index in [2.05, 4.69) is 24.5 Å². The first-order valence-electron chi connectivity index (χ1n) is 6.10. The lowest BCUT2D eigenvalue weighted by atomic mass is 9.75. The predicted octanol–water partition coefficient (Wildman–Crippen LogP) is 1.73. The van der Waals surface area contributed by atoms with E-state index < -0.39 is 12.0 Å². The van der Waals surface area contributed by atoms with Gasteiger partial charge in [-0.05, 0) is 31.6 Å². The summed E-state index contributed by atoms with van der Waals surface area (Å²) in [5.74, 6) is -1.02. The highest BCUT2D eigenvalue weighted by Gasteiger charge is 2.29. The van der Waals surface area contributed by atoms with Crippen LogP contribution in [-0.2, 0) is 4.79 Å². The van der Waals surface area contributed by atoms with Gasteiger partial charge in [0.05, 0.1) is 0 Å². The first kappa shape index (κ1) is 13.8. The minimum atomic E-state index is -1.02. The van der Waals surface area contributed by atoms with Crippen molar-refractivity contribution >= 4 is 12.0 Å². The molecule has 2 unspecified atom stereocenters. The molecule has 1 fully saturated rings. The Morgan fingerprint density at radius 2 is 2.06 bits per heavy atom. The molecule has 0 aromatic rings. The Morgan fingerprint density at radius 3 is 2.59 bits per heavy atom. The molecule has 0 saturated heterocycles. The fourth-order valence-electron chi connectivity index (χ4n) is 2.31. The van der Waals surface area contributed by atoms with Crippen molar-refractivity contribution in [3.63, 3.8) is 0 Å². The average molecular weight is 242 g/mol. The third-order valence-electron chi connectivity index (χ3n) is 3.26. The Kier molecular flexibility index (Phi) is 4.37. The summed E-state index contributed by atoms with van der Waals surface area (Å²) in [7, 11) is 0. The lowest BCUT2D eigenvalue weighted by molar-refractivity contribution is -0.138. The molecule has 0 spiro atoms. The molecule has 1 aliphatic carbocycles. The molecule has 0 bridgehead atoms. The molecule has 2 amide bonds. The minimum absolute atomic E-state index is 0.153. The summed E-state index contributed by atoms with van der Waals surface area (Å²) in [4.78, 5) is 22.1. The van der Waals surface area contributed by atoms with E-state index >= 15 is 0 Å². The Morgan fingerprint density at radius 1 is 1.41 bits per heavy atom. The molecule has 98 valence electrons. The molecule has 5 heteroatoms. The number of carboxylic acids is 1. The Balaban J connectivity index is 2.38. The SMILES string of the molecule is CC(NC(=O)NC1CCCC(C)(C)C1)C(=O)O. The lowest BCUT2D eigenvalue weighted by Gasteiger charge is -2.35. The summed E-state index contributed by atoms with van der Waals surface area (Å²) < 4.78 is 0. The number of hydrogen-bond donors (Lipinski definition) is 3. The van der Waals surface area contributed by atoms with E-state index in [9.17, 15) is 9.59 Å². The topological polar surface area (TPSA) is 78.4 Å². The molecule has 17 heavy (non-hydrogen) atoms. The number of hydrogen-bond acceptors (Lipinski definition) is 2. The van der Waals surface area contributed by atoms with Crippen molar-refractivity contribution in [2.24, 2.45) is 5.41 Å². The number of aliphatic carboxylic acids is 1. The number of rotatable bonds is 3. The van der Waals surface area contributed by atoms with Gasteiger partial charge in [0.2, 0.25) is 0 Å². The van der Waals surface area contributed by atoms with Crippen molar-refractivity contribution < 1.29 is 14.7 Å². The van der Waals surface area contributed by atoms with Crippen LogP contribution in [0.4, 0.5) is 4.79 Å². The quantitative estimate of drug-likeness (QED) is 0.705. The maximum Gasteiger partial charge on any atom is 0.325 e. The lowest BCUT2D eigenvalue weighted by Crippen LogP contribution is -2.49. The highest BCUT2D eigenvalue weighted by Crippen LogP contribution is 2.34. The van der Waals surface area contributed by atoms with Gasteiger partial charge in [0, 0.05) is 6.04 Å². The van der Waals surface area contributed by atoms with Gasteiger partial charge in [0.25, 0.3) is 0 Å². The summed E-state index contributed by atoms with van der Waals surface area (Å²) in [6.07, 6.45) is 4.20. The first-order chi connectivity index (χ1) is 7.80. The maximum atomic E-state index is 11.6. The molecule has 5 nitrogen and oxygen atoms in total. The zero-order chi connectivity index (χ0) is 13.1. The largest absolute Gasteiger partial charge is 0.480 e. The van der Waals surface area contributed by atoms with Crippen molar-refractivity contribution in [3.05, 3.63) is 0 Å². The minimum Gasteiger partial charge on any atom is -0.480 e. The highest BCUT2D eigenvalue weighted by molar-refractivity contribution is 5.82. The van der Waals surface area contributed by atoms with E-state index in [-0.39, 0.29) is 17.5 Å². The maximum absolute atomic E-state index is 11.6. The van der Waals surface area contributed by atoms with Crippen LogP contribution in [0.5, 0.6) is 0 Å². The molecule has 0 aliphatic heterocycles. The first-order valence-corrected chi connectivity index (χ1v) is 6.10. The second kappa shape index (κ2) is 5.38. The molecule has 0 radical (unpaired) electrons. The van der Waals surface area contributed by atoms with Crippen LogP contribution in [-0.4, -0.2) is 29.2 Å². The number of amides is 2. The zero-order valence-corrected chi connectivity index (χ0v) is 10.7. The van der Waals surface area contributed by atoms with Gasteiger partial charge >= 0.3 is 12.0 Å². The second-order valence-corrected chi connectivity index (χ2v) is 5.64. The van der Waals surface area contributed by atoms with E-state index in [1.165, 1.54) is 13.3 Å². The van der Waals surface area contributed by atoms with Crippen molar-refractivity contribution in [3.8, 4) is 0 Å². The van der Waals surface area contributed by atoms with Crippen molar-refractivity contribution in [2.75, 3.05) is 0 Å². The number of nitrogens with one attached hydrogen (secondary N) is 2. The smallest absolute Gasteiger partial charge is 0.325 e. The highest BCUT2D eigenvalue weighted by atomic mass is 16.4. The Labute approximate surface area is 102 Å². The predicted molar refractivity (Wildman–Crippen MR) is 64.8 cm³/mol. The van der Waals surface area contributed by atoms with Crippen LogP contribution in [0, 0.1) is 5.41 Å². The summed E-state index contributed by atoms with van der Waals surface area (Å²) in [5, 5.41) is 13.9. The molecular formula is C12H22N2O3. The number of carbonyl (C=O) groups is 2. The third-order valence-corrected chi connectivity index (χ3v) is 3.26. The standard InChI is InChI=1S/C12H22N2O3/c1-8(10(15)16)13-11(17)14-9-5-4-6-12(2,3)7-9/h8-9H,4-7H2,1-3H3,(H,15,16)(H2,13,14,17). The average Bonchev–Trinajstić information content (AvgIpc) is 2.15. The Hall–Kier alpha value is -1.26. The van der Waals surface area contributed by atoms with Crippen LogP contribution in [0.25, 0.3) is 0 Å². The van der Waals surface area contributed by atoms with E-state index in [0.717, 1.165) is 19.3 Å². The molecule has 2 atom stereocenters. The van der Waals surface area contributed by atoms with Gasteiger partial charge in [0.1, 0.15) is 6.04 Å². The summed E-state index contributed by atoms with van der Waals surface area (Å²) in [5.41, 5.74) is 0.259. The monoisotopic (exact) mass is 242 g/mol. The summed E-state index contributed by atoms with van der Waals surface area (Å²) >= 11 is 0. The van der Waals surface area contributed by atoms with Crippen LogP contribution in [0.1, 0.15) is 46.5 Å². The van der Waals surface area contributed by atoms with Gasteiger partial charge in [-0.1, -0.05) is 20.3 Å². The van der Waals surface area contributed by atoms with E-state index in [1.54, 1.807) is 0 Å². The van der Waals surface area contributed by atoms with Crippen LogP contribution >= 0.6 is 0 Å². The summed E-state index contributed by atoms with van der Waals surface area (Å²) in [6, 6.07) is -1.09. The molecule has 0 aromatic carbocycles. The van der Waals surface area contributed by atoms with Crippen LogP contribution in [0.2, 0.25) is 0 Å². The fraction of sp³-hybridized carbons (Fsp3) is 0.833.